The summed E-state index contributed by atoms with van der Waals surface area (Å²) < 4.78 is 25.1. The van der Waals surface area contributed by atoms with E-state index in [9.17, 15) is 32.7 Å². The highest BCUT2D eigenvalue weighted by molar-refractivity contribution is 9.10. The number of rotatable bonds is 6. The number of sulfonamides is 1. The van der Waals surface area contributed by atoms with Crippen LogP contribution >= 0.6 is 39.0 Å². The molecule has 1 saturated heterocycles. The molecule has 0 radical (unpaired) electrons. The van der Waals surface area contributed by atoms with Crippen molar-refractivity contribution in [1.82, 2.24) is 4.57 Å². The second-order valence-corrected chi connectivity index (χ2v) is 14.5. The molecule has 1 aromatic heterocycles. The summed E-state index contributed by atoms with van der Waals surface area (Å²) in [4.78, 5) is 55.1. The van der Waals surface area contributed by atoms with E-state index in [1.807, 2.05) is 0 Å². The van der Waals surface area contributed by atoms with E-state index in [0.29, 0.717) is 26.8 Å². The number of halogens is 1. The Balaban J connectivity index is 1.36. The summed E-state index contributed by atoms with van der Waals surface area (Å²) in [5.74, 6) is -2.86. The fourth-order valence-electron chi connectivity index (χ4n) is 5.21. The minimum absolute atomic E-state index is 0.0237. The number of carbonyl (C=O) groups excluding carboxylic acids is 3. The summed E-state index contributed by atoms with van der Waals surface area (Å²) in [7, 11) is -3.91. The van der Waals surface area contributed by atoms with Gasteiger partial charge in [-0.3, -0.25) is 23.7 Å². The smallest absolute Gasteiger partial charge is 0.308 e. The molecule has 3 heterocycles. The van der Waals surface area contributed by atoms with Gasteiger partial charge in [-0.1, -0.05) is 51.2 Å². The highest BCUT2D eigenvalue weighted by Gasteiger charge is 2.56. The van der Waals surface area contributed by atoms with Gasteiger partial charge in [0.1, 0.15) is 17.5 Å². The first-order valence-electron chi connectivity index (χ1n) is 12.7. The van der Waals surface area contributed by atoms with Gasteiger partial charge in [0.05, 0.1) is 21.5 Å². The molecule has 15 heteroatoms. The molecule has 0 saturated carbocycles. The largest absolute Gasteiger partial charge is 0.508 e. The van der Waals surface area contributed by atoms with Crippen LogP contribution in [-0.2, 0) is 31.0 Å². The van der Waals surface area contributed by atoms with E-state index in [1.54, 1.807) is 36.4 Å². The van der Waals surface area contributed by atoms with Gasteiger partial charge in [0.25, 0.3) is 0 Å². The number of nitrogens with one attached hydrogen (secondary N) is 1. The number of amides is 3. The summed E-state index contributed by atoms with van der Waals surface area (Å²) in [6.45, 7) is -0.382. The van der Waals surface area contributed by atoms with Gasteiger partial charge in [0.2, 0.25) is 27.7 Å². The first kappa shape index (κ1) is 29.3. The lowest BCUT2D eigenvalue weighted by Gasteiger charge is -2.30. The predicted molar refractivity (Wildman–Crippen MR) is 165 cm³/mol. The Bertz CT molecular complexity index is 1940. The maximum atomic E-state index is 13.9. The highest BCUT2D eigenvalue weighted by atomic mass is 79.9. The Morgan fingerprint density at radius 3 is 2.23 bits per heavy atom. The number of hydrogen-bond donors (Lipinski definition) is 3. The number of thiazole rings is 1. The van der Waals surface area contributed by atoms with Crippen LogP contribution in [0.25, 0.3) is 0 Å². The van der Waals surface area contributed by atoms with Crippen LogP contribution in [0.2, 0.25) is 0 Å². The van der Waals surface area contributed by atoms with E-state index in [-0.39, 0.29) is 17.2 Å². The fourth-order valence-corrected chi connectivity index (χ4v) is 8.77. The third kappa shape index (κ3) is 5.42. The maximum absolute atomic E-state index is 13.9. The van der Waals surface area contributed by atoms with Crippen LogP contribution in [0, 0.1) is 5.92 Å². The summed E-state index contributed by atoms with van der Waals surface area (Å²) in [6.07, 6.45) is 0. The average Bonchev–Trinajstić information content (AvgIpc) is 3.40. The summed E-state index contributed by atoms with van der Waals surface area (Å²) >= 11 is 5.35. The third-order valence-electron chi connectivity index (χ3n) is 7.15. The van der Waals surface area contributed by atoms with Gasteiger partial charge in [0, 0.05) is 21.0 Å². The number of aromatic hydroxyl groups is 1. The Hall–Kier alpha value is -3.76. The number of anilines is 2. The van der Waals surface area contributed by atoms with Gasteiger partial charge >= 0.3 is 4.87 Å². The molecule has 0 bridgehead atoms. The number of nitrogens with two attached hydrogens (primary N) is 1. The van der Waals surface area contributed by atoms with Gasteiger partial charge in [-0.25, -0.2) is 18.5 Å². The standard InChI is InChI=1S/C28H21BrN4O7S3/c29-15-3-7-17(8-4-15)33-25(36)22-21(14-1-9-18(34)10-2-14)24-27(41-23(22)26(33)37)32(28(38)42-24)13-20(35)31-16-5-11-19(12-6-16)43(30,39)40/h1-12,21-23,34H,13H2,(H,31,35)(H2,30,39,40). The quantitative estimate of drug-likeness (QED) is 0.257. The number of hydrogen-bond acceptors (Lipinski definition) is 9. The van der Waals surface area contributed by atoms with Crippen molar-refractivity contribution in [3.63, 3.8) is 0 Å². The maximum Gasteiger partial charge on any atom is 0.308 e. The molecule has 4 aromatic rings. The molecule has 3 atom stereocenters. The van der Waals surface area contributed by atoms with E-state index in [4.69, 9.17) is 5.14 Å². The molecule has 1 fully saturated rings. The number of carbonyl (C=O) groups is 3. The molecule has 43 heavy (non-hydrogen) atoms. The molecule has 2 aliphatic rings. The minimum Gasteiger partial charge on any atom is -0.508 e. The van der Waals surface area contributed by atoms with Crippen molar-refractivity contribution in [1.29, 1.82) is 0 Å². The number of thioether (sulfide) groups is 1. The van der Waals surface area contributed by atoms with E-state index in [0.717, 1.165) is 27.6 Å². The second kappa shape index (κ2) is 11.1. The zero-order valence-corrected chi connectivity index (χ0v) is 25.9. The zero-order chi connectivity index (χ0) is 30.6. The van der Waals surface area contributed by atoms with Crippen molar-refractivity contribution in [3.8, 4) is 5.75 Å². The Morgan fingerprint density at radius 1 is 0.953 bits per heavy atom. The number of phenolic OH excluding ortho intramolecular Hbond substituents is 1. The molecule has 0 spiro atoms. The van der Waals surface area contributed by atoms with Gasteiger partial charge in [-0.05, 0) is 66.2 Å². The number of imide groups is 1. The average molecular weight is 702 g/mol. The highest BCUT2D eigenvalue weighted by Crippen LogP contribution is 2.54. The molecule has 220 valence electrons. The van der Waals surface area contributed by atoms with Gasteiger partial charge in [0.15, 0.2) is 0 Å². The molecular formula is C28H21BrN4O7S3. The Morgan fingerprint density at radius 2 is 1.60 bits per heavy atom. The Kier molecular flexibility index (Phi) is 7.54. The molecule has 11 nitrogen and oxygen atoms in total. The topological polar surface area (TPSA) is 169 Å². The van der Waals surface area contributed by atoms with Crippen molar-refractivity contribution >= 4 is 78.1 Å². The lowest BCUT2D eigenvalue weighted by Crippen LogP contribution is -2.33. The Labute approximate surface area is 261 Å². The van der Waals surface area contributed by atoms with Crippen molar-refractivity contribution in [2.24, 2.45) is 11.1 Å². The van der Waals surface area contributed by atoms with E-state index in [1.165, 1.54) is 45.9 Å². The molecular weight excluding hydrogens is 680 g/mol. The number of aromatic nitrogens is 1. The van der Waals surface area contributed by atoms with Gasteiger partial charge < -0.3 is 10.4 Å². The molecule has 3 amide bonds. The van der Waals surface area contributed by atoms with Crippen LogP contribution in [0.15, 0.2) is 92.0 Å². The summed E-state index contributed by atoms with van der Waals surface area (Å²) in [5.41, 5.74) is 1.36. The van der Waals surface area contributed by atoms with E-state index >= 15 is 0 Å². The monoisotopic (exact) mass is 700 g/mol. The van der Waals surface area contributed by atoms with E-state index < -0.39 is 49.7 Å². The normalized spacial score (nSPS) is 19.7. The van der Waals surface area contributed by atoms with Crippen LogP contribution in [0.5, 0.6) is 5.75 Å². The van der Waals surface area contributed by atoms with Crippen LogP contribution in [0.4, 0.5) is 11.4 Å². The number of fused-ring (bicyclic) bond motifs is 2. The first-order valence-corrected chi connectivity index (χ1v) is 16.7. The van der Waals surface area contributed by atoms with Crippen LogP contribution in [0.1, 0.15) is 16.4 Å². The van der Waals surface area contributed by atoms with Gasteiger partial charge in [-0.2, -0.15) is 0 Å². The van der Waals surface area contributed by atoms with Crippen LogP contribution in [-0.4, -0.2) is 41.1 Å². The first-order chi connectivity index (χ1) is 20.4. The van der Waals surface area contributed by atoms with Crippen LogP contribution in [0.3, 0.4) is 0 Å². The number of benzene rings is 3. The fraction of sp³-hybridized carbons (Fsp3) is 0.143. The molecule has 6 rings (SSSR count). The molecule has 4 N–H and O–H groups in total. The lowest BCUT2D eigenvalue weighted by molar-refractivity contribution is -0.122. The SMILES string of the molecule is NS(=O)(=O)c1ccc(NC(=O)Cn2c3c(sc2=O)C(c2ccc(O)cc2)C2C(=O)N(c4ccc(Br)cc4)C(=O)C2S3)cc1. The minimum atomic E-state index is -3.91. The van der Waals surface area contributed by atoms with Crippen molar-refractivity contribution in [2.45, 2.75) is 27.6 Å². The summed E-state index contributed by atoms with van der Waals surface area (Å²) in [6, 6.07) is 18.3. The van der Waals surface area contributed by atoms with Crippen molar-refractivity contribution < 1.29 is 27.9 Å². The van der Waals surface area contributed by atoms with E-state index in [2.05, 4.69) is 21.2 Å². The number of nitrogens with zero attached hydrogens (tertiary/aromatic N) is 2. The summed E-state index contributed by atoms with van der Waals surface area (Å²) in [5, 5.41) is 17.2. The molecule has 0 aliphatic carbocycles. The molecule has 2 aliphatic heterocycles. The predicted octanol–water partition coefficient (Wildman–Crippen LogP) is 3.46. The zero-order valence-electron chi connectivity index (χ0n) is 21.8. The molecule has 3 aromatic carbocycles. The van der Waals surface area contributed by atoms with Gasteiger partial charge in [-0.15, -0.1) is 0 Å². The third-order valence-corrected chi connectivity index (χ3v) is 11.2. The molecule has 3 unspecified atom stereocenters. The number of primary sulfonamides is 1. The lowest BCUT2D eigenvalue weighted by atomic mass is 9.83. The van der Waals surface area contributed by atoms with Crippen molar-refractivity contribution in [3.05, 3.63) is 97.4 Å². The second-order valence-electron chi connectivity index (χ2n) is 9.86. The van der Waals surface area contributed by atoms with Crippen molar-refractivity contribution in [2.75, 3.05) is 10.2 Å². The van der Waals surface area contributed by atoms with Crippen LogP contribution < -0.4 is 20.2 Å². The number of phenols is 1.